The average Bonchev–Trinajstić information content (AvgIpc) is 2.76. The number of ketones is 1. The number of Topliss-reactive ketones (excluding diaryl/α,β-unsaturated/α-hetero) is 1. The molecule has 0 aliphatic carbocycles. The number of anilines is 1. The van der Waals surface area contributed by atoms with Crippen molar-refractivity contribution in [3.05, 3.63) is 65.5 Å². The van der Waals surface area contributed by atoms with Crippen molar-refractivity contribution in [3.63, 3.8) is 0 Å². The summed E-state index contributed by atoms with van der Waals surface area (Å²) in [5.74, 6) is 0.277. The van der Waals surface area contributed by atoms with Crippen molar-refractivity contribution in [2.45, 2.75) is 45.3 Å². The molecule has 0 radical (unpaired) electrons. The van der Waals surface area contributed by atoms with Gasteiger partial charge in [0.25, 0.3) is 0 Å². The van der Waals surface area contributed by atoms with E-state index in [0.717, 1.165) is 37.9 Å². The number of likely N-dealkylation sites (tertiary alicyclic amines) is 1. The predicted octanol–water partition coefficient (Wildman–Crippen LogP) is 3.85. The highest BCUT2D eigenvalue weighted by Gasteiger charge is 2.24. The second-order valence-corrected chi connectivity index (χ2v) is 8.67. The number of benzene rings is 2. The van der Waals surface area contributed by atoms with Crippen LogP contribution in [0.2, 0.25) is 0 Å². The van der Waals surface area contributed by atoms with Crippen LogP contribution >= 0.6 is 0 Å². The van der Waals surface area contributed by atoms with E-state index in [1.54, 1.807) is 31.2 Å². The zero-order chi connectivity index (χ0) is 23.1. The number of urea groups is 1. The van der Waals surface area contributed by atoms with E-state index >= 15 is 0 Å². The van der Waals surface area contributed by atoms with Crippen molar-refractivity contribution in [3.8, 4) is 0 Å². The molecule has 7 heteroatoms. The Bertz CT molecular complexity index is 911. The Kier molecular flexibility index (Phi) is 8.36. The third kappa shape index (κ3) is 7.14. The number of aliphatic hydroxyl groups excluding tert-OH is 1. The number of β-amino-alcohol motifs (C(OH)–C–C–N with tert-alkyl or cyclic N) is 1. The zero-order valence-electron chi connectivity index (χ0n) is 18.7. The van der Waals surface area contributed by atoms with Crippen LogP contribution in [-0.4, -0.2) is 53.6 Å². The van der Waals surface area contributed by atoms with E-state index in [-0.39, 0.29) is 11.6 Å². The van der Waals surface area contributed by atoms with Crippen molar-refractivity contribution in [2.75, 3.05) is 25.0 Å². The third-order valence-corrected chi connectivity index (χ3v) is 6.05. The Hall–Kier alpha value is -2.77. The lowest BCUT2D eigenvalue weighted by Crippen LogP contribution is -2.49. The number of halogens is 1. The third-order valence-electron chi connectivity index (χ3n) is 6.05. The number of amides is 2. The lowest BCUT2D eigenvalue weighted by atomic mass is 9.90. The Morgan fingerprint density at radius 2 is 1.84 bits per heavy atom. The van der Waals surface area contributed by atoms with Crippen molar-refractivity contribution >= 4 is 17.5 Å². The van der Waals surface area contributed by atoms with Gasteiger partial charge in [0.05, 0.1) is 12.1 Å². The largest absolute Gasteiger partial charge is 0.390 e. The minimum absolute atomic E-state index is 0.0701. The summed E-state index contributed by atoms with van der Waals surface area (Å²) < 4.78 is 13.1. The maximum atomic E-state index is 13.1. The van der Waals surface area contributed by atoms with E-state index in [0.29, 0.717) is 23.7 Å². The van der Waals surface area contributed by atoms with Gasteiger partial charge in [-0.25, -0.2) is 9.18 Å². The molecule has 2 aromatic rings. The number of carbonyl (C=O) groups excluding carboxylic acids is 2. The first-order valence-electron chi connectivity index (χ1n) is 11.1. The highest BCUT2D eigenvalue weighted by molar-refractivity contribution is 5.96. The first kappa shape index (κ1) is 23.9. The molecular weight excluding hydrogens is 409 g/mol. The lowest BCUT2D eigenvalue weighted by molar-refractivity contribution is 0.0701. The van der Waals surface area contributed by atoms with Crippen molar-refractivity contribution in [2.24, 2.45) is 5.92 Å². The van der Waals surface area contributed by atoms with Crippen LogP contribution < -0.4 is 10.6 Å². The second kappa shape index (κ2) is 11.2. The molecule has 172 valence electrons. The molecule has 32 heavy (non-hydrogen) atoms. The molecule has 2 amide bonds. The summed E-state index contributed by atoms with van der Waals surface area (Å²) in [6, 6.07) is 12.6. The Balaban J connectivity index is 1.40. The first-order valence-corrected chi connectivity index (χ1v) is 11.1. The molecule has 2 atom stereocenters. The quantitative estimate of drug-likeness (QED) is 0.544. The molecule has 3 rings (SSSR count). The summed E-state index contributed by atoms with van der Waals surface area (Å²) in [5, 5.41) is 16.0. The van der Waals surface area contributed by atoms with Crippen LogP contribution in [0.3, 0.4) is 0 Å². The number of nitrogens with one attached hydrogen (secondary N) is 2. The summed E-state index contributed by atoms with van der Waals surface area (Å²) in [6.45, 7) is 5.52. The molecule has 0 saturated carbocycles. The fourth-order valence-electron chi connectivity index (χ4n) is 4.04. The summed E-state index contributed by atoms with van der Waals surface area (Å²) in [6.07, 6.45) is 2.30. The molecule has 2 aromatic carbocycles. The summed E-state index contributed by atoms with van der Waals surface area (Å²) in [5.41, 5.74) is 2.21. The number of hydrogen-bond acceptors (Lipinski definition) is 4. The second-order valence-electron chi connectivity index (χ2n) is 8.67. The molecule has 6 nitrogen and oxygen atoms in total. The molecule has 0 aromatic heterocycles. The summed E-state index contributed by atoms with van der Waals surface area (Å²) >= 11 is 0. The van der Waals surface area contributed by atoms with Crippen molar-refractivity contribution in [1.82, 2.24) is 10.2 Å². The van der Waals surface area contributed by atoms with E-state index in [2.05, 4.69) is 15.5 Å². The van der Waals surface area contributed by atoms with Gasteiger partial charge < -0.3 is 20.6 Å². The summed E-state index contributed by atoms with van der Waals surface area (Å²) in [7, 11) is 0. The van der Waals surface area contributed by atoms with Gasteiger partial charge in [-0.1, -0.05) is 24.3 Å². The van der Waals surface area contributed by atoms with Gasteiger partial charge in [0.1, 0.15) is 5.82 Å². The van der Waals surface area contributed by atoms with E-state index in [4.69, 9.17) is 0 Å². The highest BCUT2D eigenvalue weighted by atomic mass is 19.1. The van der Waals surface area contributed by atoms with Crippen LogP contribution in [0.15, 0.2) is 48.5 Å². The standard InChI is InChI=1S/C25H32FN3O3/c1-17(27-25(32)28-23-5-3-4-21(15-23)18(2)30)24(31)16-29-12-10-20(11-13-29)14-19-6-8-22(26)9-7-19/h3-9,15,17,20,24,31H,10-14,16H2,1-2H3,(H2,27,28,32)/t17-,24-/m1/s1. The monoisotopic (exact) mass is 441 g/mol. The molecule has 1 heterocycles. The van der Waals surface area contributed by atoms with Gasteiger partial charge in [0, 0.05) is 17.8 Å². The number of piperidine rings is 1. The number of aliphatic hydroxyl groups is 1. The predicted molar refractivity (Wildman–Crippen MR) is 123 cm³/mol. The number of carbonyl (C=O) groups is 2. The normalized spacial score (nSPS) is 16.9. The van der Waals surface area contributed by atoms with E-state index in [1.165, 1.54) is 19.1 Å². The van der Waals surface area contributed by atoms with E-state index in [9.17, 15) is 19.1 Å². The van der Waals surface area contributed by atoms with Gasteiger partial charge >= 0.3 is 6.03 Å². The van der Waals surface area contributed by atoms with Crippen LogP contribution in [0.1, 0.15) is 42.6 Å². The Labute approximate surface area is 188 Å². The number of hydrogen-bond donors (Lipinski definition) is 3. The molecule has 0 unspecified atom stereocenters. The molecule has 1 aliphatic heterocycles. The van der Waals surface area contributed by atoms with Crippen LogP contribution in [-0.2, 0) is 6.42 Å². The first-order chi connectivity index (χ1) is 15.3. The van der Waals surface area contributed by atoms with Gasteiger partial charge in [-0.15, -0.1) is 0 Å². The minimum atomic E-state index is -0.696. The minimum Gasteiger partial charge on any atom is -0.390 e. The van der Waals surface area contributed by atoms with Gasteiger partial charge in [0.15, 0.2) is 5.78 Å². The van der Waals surface area contributed by atoms with Gasteiger partial charge in [0.2, 0.25) is 0 Å². The van der Waals surface area contributed by atoms with E-state index < -0.39 is 18.2 Å². The summed E-state index contributed by atoms with van der Waals surface area (Å²) in [4.78, 5) is 26.0. The average molecular weight is 442 g/mol. The molecule has 0 bridgehead atoms. The fourth-order valence-corrected chi connectivity index (χ4v) is 4.04. The Morgan fingerprint density at radius 3 is 2.50 bits per heavy atom. The smallest absolute Gasteiger partial charge is 0.319 e. The van der Waals surface area contributed by atoms with E-state index in [1.807, 2.05) is 12.1 Å². The highest BCUT2D eigenvalue weighted by Crippen LogP contribution is 2.22. The molecule has 3 N–H and O–H groups in total. The maximum Gasteiger partial charge on any atom is 0.319 e. The molecule has 1 aliphatic rings. The molecule has 0 spiro atoms. The van der Waals surface area contributed by atoms with Gasteiger partial charge in [-0.2, -0.15) is 0 Å². The Morgan fingerprint density at radius 1 is 1.16 bits per heavy atom. The zero-order valence-corrected chi connectivity index (χ0v) is 18.7. The maximum absolute atomic E-state index is 13.1. The molecular formula is C25H32FN3O3. The number of rotatable bonds is 8. The van der Waals surface area contributed by atoms with Crippen molar-refractivity contribution in [1.29, 1.82) is 0 Å². The number of nitrogens with zero attached hydrogens (tertiary/aromatic N) is 1. The lowest BCUT2D eigenvalue weighted by Gasteiger charge is -2.34. The molecule has 1 fully saturated rings. The topological polar surface area (TPSA) is 81.7 Å². The van der Waals surface area contributed by atoms with Crippen LogP contribution in [0.25, 0.3) is 0 Å². The van der Waals surface area contributed by atoms with Crippen LogP contribution in [0.4, 0.5) is 14.9 Å². The fraction of sp³-hybridized carbons (Fsp3) is 0.440. The van der Waals surface area contributed by atoms with Gasteiger partial charge in [-0.3, -0.25) is 4.79 Å². The van der Waals surface area contributed by atoms with Crippen LogP contribution in [0, 0.1) is 11.7 Å². The molecule has 1 saturated heterocycles. The van der Waals surface area contributed by atoms with Gasteiger partial charge in [-0.05, 0) is 81.9 Å². The SMILES string of the molecule is CC(=O)c1cccc(NC(=O)N[C@H](C)[C@H](O)CN2CCC(Cc3ccc(F)cc3)CC2)c1. The van der Waals surface area contributed by atoms with Crippen molar-refractivity contribution < 1.29 is 19.1 Å². The van der Waals surface area contributed by atoms with Crippen LogP contribution in [0.5, 0.6) is 0 Å².